The third-order valence-corrected chi connectivity index (χ3v) is 5.15. The Balaban J connectivity index is 1.50. The number of thiophene rings is 1. The van der Waals surface area contributed by atoms with Crippen LogP contribution in [-0.2, 0) is 4.79 Å². The molecule has 1 N–H and O–H groups in total. The van der Waals surface area contributed by atoms with E-state index in [1.54, 1.807) is 11.0 Å². The van der Waals surface area contributed by atoms with Crippen molar-refractivity contribution in [3.05, 3.63) is 46.7 Å². The summed E-state index contributed by atoms with van der Waals surface area (Å²) in [5.41, 5.74) is 1.06. The minimum Gasteiger partial charge on any atom is -0.492 e. The maximum Gasteiger partial charge on any atom is 0.261 e. The summed E-state index contributed by atoms with van der Waals surface area (Å²) < 4.78 is 5.70. The summed E-state index contributed by atoms with van der Waals surface area (Å²) in [6.07, 6.45) is 0. The van der Waals surface area contributed by atoms with Crippen molar-refractivity contribution in [2.75, 3.05) is 44.2 Å². The number of hydrogen-bond donors (Lipinski definition) is 1. The maximum atomic E-state index is 12.4. The van der Waals surface area contributed by atoms with Gasteiger partial charge in [0.15, 0.2) is 0 Å². The van der Waals surface area contributed by atoms with Gasteiger partial charge < -0.3 is 19.9 Å². The standard InChI is InChI=1S/C19H23N3O3S/c1-2-25-16-7-4-3-6-15(16)21-9-11-22(12-10-21)18(23)14-20-19(24)17-8-5-13-26-17/h3-8,13H,2,9-12,14H2,1H3,(H,20,24). The van der Waals surface area contributed by atoms with Crippen LogP contribution in [0.25, 0.3) is 0 Å². The van der Waals surface area contributed by atoms with E-state index >= 15 is 0 Å². The molecule has 1 aromatic carbocycles. The second-order valence-electron chi connectivity index (χ2n) is 5.93. The Morgan fingerprint density at radius 2 is 1.88 bits per heavy atom. The minimum absolute atomic E-state index is 0.0340. The van der Waals surface area contributed by atoms with Crippen molar-refractivity contribution in [3.8, 4) is 5.75 Å². The minimum atomic E-state index is -0.197. The van der Waals surface area contributed by atoms with Crippen LogP contribution >= 0.6 is 11.3 Å². The number of para-hydroxylation sites is 2. The molecule has 26 heavy (non-hydrogen) atoms. The molecule has 2 aromatic rings. The lowest BCUT2D eigenvalue weighted by Crippen LogP contribution is -2.51. The molecule has 0 spiro atoms. The molecule has 7 heteroatoms. The van der Waals surface area contributed by atoms with Gasteiger partial charge in [0.05, 0.1) is 23.7 Å². The molecule has 1 fully saturated rings. The van der Waals surface area contributed by atoms with Crippen LogP contribution in [0.5, 0.6) is 5.75 Å². The molecule has 3 rings (SSSR count). The molecule has 138 valence electrons. The zero-order chi connectivity index (χ0) is 18.4. The lowest BCUT2D eigenvalue weighted by atomic mass is 10.2. The van der Waals surface area contributed by atoms with Crippen molar-refractivity contribution in [2.24, 2.45) is 0 Å². The van der Waals surface area contributed by atoms with Gasteiger partial charge in [-0.05, 0) is 30.5 Å². The first-order valence-electron chi connectivity index (χ1n) is 8.75. The Morgan fingerprint density at radius 3 is 2.58 bits per heavy atom. The van der Waals surface area contributed by atoms with E-state index in [1.165, 1.54) is 11.3 Å². The number of hydrogen-bond acceptors (Lipinski definition) is 5. The average Bonchev–Trinajstić information content (AvgIpc) is 3.22. The Hall–Kier alpha value is -2.54. The topological polar surface area (TPSA) is 61.9 Å². The molecule has 1 aliphatic heterocycles. The van der Waals surface area contributed by atoms with Gasteiger partial charge in [-0.15, -0.1) is 11.3 Å². The maximum absolute atomic E-state index is 12.4. The largest absolute Gasteiger partial charge is 0.492 e. The lowest BCUT2D eigenvalue weighted by Gasteiger charge is -2.36. The first-order chi connectivity index (χ1) is 12.7. The second-order valence-corrected chi connectivity index (χ2v) is 6.88. The van der Waals surface area contributed by atoms with Crippen LogP contribution < -0.4 is 15.0 Å². The van der Waals surface area contributed by atoms with E-state index in [4.69, 9.17) is 4.74 Å². The van der Waals surface area contributed by atoms with Gasteiger partial charge in [0.25, 0.3) is 5.91 Å². The highest BCUT2D eigenvalue weighted by atomic mass is 32.1. The molecule has 1 aromatic heterocycles. The fourth-order valence-electron chi connectivity index (χ4n) is 2.96. The quantitative estimate of drug-likeness (QED) is 0.843. The molecular weight excluding hydrogens is 350 g/mol. The number of benzene rings is 1. The van der Waals surface area contributed by atoms with E-state index in [1.807, 2.05) is 42.6 Å². The molecule has 0 bridgehead atoms. The van der Waals surface area contributed by atoms with Gasteiger partial charge in [-0.3, -0.25) is 9.59 Å². The van der Waals surface area contributed by atoms with Crippen LogP contribution in [0.2, 0.25) is 0 Å². The number of nitrogens with zero attached hydrogens (tertiary/aromatic N) is 2. The first-order valence-corrected chi connectivity index (χ1v) is 9.63. The fraction of sp³-hybridized carbons (Fsp3) is 0.368. The molecule has 2 heterocycles. The van der Waals surface area contributed by atoms with E-state index in [9.17, 15) is 9.59 Å². The molecule has 0 aliphatic carbocycles. The van der Waals surface area contributed by atoms with Crippen LogP contribution in [0.4, 0.5) is 5.69 Å². The highest BCUT2D eigenvalue weighted by Crippen LogP contribution is 2.28. The molecule has 6 nitrogen and oxygen atoms in total. The summed E-state index contributed by atoms with van der Waals surface area (Å²) in [5.74, 6) is 0.628. The number of amides is 2. The van der Waals surface area contributed by atoms with Crippen molar-refractivity contribution < 1.29 is 14.3 Å². The highest BCUT2D eigenvalue weighted by molar-refractivity contribution is 7.12. The number of ether oxygens (including phenoxy) is 1. The first kappa shape index (κ1) is 18.3. The number of carbonyl (C=O) groups excluding carboxylic acids is 2. The van der Waals surface area contributed by atoms with Gasteiger partial charge in [0.1, 0.15) is 5.75 Å². The van der Waals surface area contributed by atoms with E-state index < -0.39 is 0 Å². The molecule has 1 aliphatic rings. The Morgan fingerprint density at radius 1 is 1.12 bits per heavy atom. The Labute approximate surface area is 157 Å². The highest BCUT2D eigenvalue weighted by Gasteiger charge is 2.23. The van der Waals surface area contributed by atoms with Gasteiger partial charge in [-0.25, -0.2) is 0 Å². The van der Waals surface area contributed by atoms with Crippen molar-refractivity contribution in [1.29, 1.82) is 0 Å². The number of carbonyl (C=O) groups is 2. The van der Waals surface area contributed by atoms with Gasteiger partial charge >= 0.3 is 0 Å². The summed E-state index contributed by atoms with van der Waals surface area (Å²) >= 11 is 1.37. The van der Waals surface area contributed by atoms with Crippen molar-refractivity contribution in [3.63, 3.8) is 0 Å². The molecule has 1 saturated heterocycles. The Bertz CT molecular complexity index is 740. The van der Waals surface area contributed by atoms with E-state index in [-0.39, 0.29) is 18.4 Å². The van der Waals surface area contributed by atoms with Crippen LogP contribution in [0, 0.1) is 0 Å². The van der Waals surface area contributed by atoms with Crippen molar-refractivity contribution in [2.45, 2.75) is 6.92 Å². The average molecular weight is 373 g/mol. The van der Waals surface area contributed by atoms with Crippen molar-refractivity contribution >= 4 is 28.8 Å². The number of anilines is 1. The van der Waals surface area contributed by atoms with E-state index in [0.29, 0.717) is 24.6 Å². The third kappa shape index (κ3) is 4.35. The fourth-order valence-corrected chi connectivity index (χ4v) is 3.60. The molecular formula is C19H23N3O3S. The van der Waals surface area contributed by atoms with Gasteiger partial charge in [-0.1, -0.05) is 18.2 Å². The lowest BCUT2D eigenvalue weighted by molar-refractivity contribution is -0.130. The number of nitrogens with one attached hydrogen (secondary N) is 1. The van der Waals surface area contributed by atoms with Crippen LogP contribution in [0.1, 0.15) is 16.6 Å². The van der Waals surface area contributed by atoms with Gasteiger partial charge in [-0.2, -0.15) is 0 Å². The van der Waals surface area contributed by atoms with Gasteiger partial charge in [0.2, 0.25) is 5.91 Å². The normalized spacial score (nSPS) is 14.2. The summed E-state index contributed by atoms with van der Waals surface area (Å²) in [5, 5.41) is 4.54. The van der Waals surface area contributed by atoms with E-state index in [2.05, 4.69) is 10.2 Å². The van der Waals surface area contributed by atoms with Gasteiger partial charge in [0, 0.05) is 26.2 Å². The summed E-state index contributed by atoms with van der Waals surface area (Å²) in [7, 11) is 0. The molecule has 0 unspecified atom stereocenters. The van der Waals surface area contributed by atoms with Crippen molar-refractivity contribution in [1.82, 2.24) is 10.2 Å². The predicted octanol–water partition coefficient (Wildman–Crippen LogP) is 2.23. The zero-order valence-corrected chi connectivity index (χ0v) is 15.6. The summed E-state index contributed by atoms with van der Waals surface area (Å²) in [6, 6.07) is 11.5. The van der Waals surface area contributed by atoms with Crippen LogP contribution in [0.15, 0.2) is 41.8 Å². The second kappa shape index (κ2) is 8.71. The molecule has 2 amide bonds. The van der Waals surface area contributed by atoms with Crippen LogP contribution in [-0.4, -0.2) is 56.0 Å². The molecule has 0 radical (unpaired) electrons. The molecule has 0 saturated carbocycles. The van der Waals surface area contributed by atoms with Crippen LogP contribution in [0.3, 0.4) is 0 Å². The van der Waals surface area contributed by atoms with E-state index in [0.717, 1.165) is 24.5 Å². The Kier molecular flexibility index (Phi) is 6.12. The summed E-state index contributed by atoms with van der Waals surface area (Å²) in [6.45, 7) is 5.38. The monoisotopic (exact) mass is 373 g/mol. The molecule has 0 atom stereocenters. The SMILES string of the molecule is CCOc1ccccc1N1CCN(C(=O)CNC(=O)c2cccs2)CC1. The zero-order valence-electron chi connectivity index (χ0n) is 14.8. The number of rotatable bonds is 6. The number of piperazine rings is 1. The summed E-state index contributed by atoms with van der Waals surface area (Å²) in [4.78, 5) is 28.9. The predicted molar refractivity (Wildman–Crippen MR) is 103 cm³/mol. The third-order valence-electron chi connectivity index (χ3n) is 4.28. The smallest absolute Gasteiger partial charge is 0.261 e.